The molecule has 0 spiro atoms. The van der Waals surface area contributed by atoms with Crippen molar-refractivity contribution in [2.45, 2.75) is 45.4 Å². The third-order valence-electron chi connectivity index (χ3n) is 4.25. The predicted molar refractivity (Wildman–Crippen MR) is 97.7 cm³/mol. The highest BCUT2D eigenvalue weighted by atomic mass is 16.7. The quantitative estimate of drug-likeness (QED) is 0.399. The molecule has 1 N–H and O–H groups in total. The minimum Gasteiger partial charge on any atom is -0.467 e. The normalized spacial score (nSPS) is 26.0. The molecule has 1 aliphatic rings. The summed E-state index contributed by atoms with van der Waals surface area (Å²) < 4.78 is 27.0. The first kappa shape index (κ1) is 22.2. The van der Waals surface area contributed by atoms with E-state index in [0.29, 0.717) is 12.1 Å². The van der Waals surface area contributed by atoms with Crippen LogP contribution in [0.15, 0.2) is 24.3 Å². The number of anilines is 1. The summed E-state index contributed by atoms with van der Waals surface area (Å²) in [5.41, 5.74) is 0.324. The van der Waals surface area contributed by atoms with Gasteiger partial charge in [0.2, 0.25) is 18.8 Å². The summed E-state index contributed by atoms with van der Waals surface area (Å²) in [6, 6.07) is 6.45. The lowest BCUT2D eigenvalue weighted by molar-refractivity contribution is -0.266. The fraction of sp³-hybridized carbons (Fsp3) is 0.474. The molecule has 1 aromatic carbocycles. The highest BCUT2D eigenvalue weighted by Crippen LogP contribution is 2.34. The smallest absolute Gasteiger partial charge is 0.335 e. The monoisotopic (exact) mass is 409 g/mol. The third-order valence-corrected chi connectivity index (χ3v) is 4.25. The Hall–Kier alpha value is -3.14. The number of rotatable bonds is 7. The Morgan fingerprint density at radius 3 is 2.28 bits per heavy atom. The molecule has 0 bridgehead atoms. The van der Waals surface area contributed by atoms with E-state index >= 15 is 0 Å². The number of para-hydroxylation sites is 2. The molecule has 0 aliphatic carbocycles. The molecule has 10 nitrogen and oxygen atoms in total. The first-order chi connectivity index (χ1) is 13.8. The van der Waals surface area contributed by atoms with Crippen molar-refractivity contribution in [3.8, 4) is 5.75 Å². The standard InChI is InChI=1S/C19H23NO9/c1-10-15(26-11(2)22)17(27-12(3)23)19(29-16(10)18(24)25-4)28-14-8-6-5-7-13(14)20-9-21/h5-10,15-17,19H,1-4H3,(H,20,21)/t10-,15-,16-,17+,19+/m0/s1. The molecule has 1 aromatic rings. The van der Waals surface area contributed by atoms with Crippen LogP contribution < -0.4 is 10.1 Å². The molecule has 158 valence electrons. The molecule has 29 heavy (non-hydrogen) atoms. The summed E-state index contributed by atoms with van der Waals surface area (Å²) in [5, 5.41) is 2.47. The highest BCUT2D eigenvalue weighted by Gasteiger charge is 2.52. The zero-order chi connectivity index (χ0) is 21.6. The maximum Gasteiger partial charge on any atom is 0.335 e. The maximum atomic E-state index is 12.2. The summed E-state index contributed by atoms with van der Waals surface area (Å²) in [7, 11) is 1.19. The van der Waals surface area contributed by atoms with Crippen molar-refractivity contribution in [1.29, 1.82) is 0 Å². The molecule has 2 rings (SSSR count). The van der Waals surface area contributed by atoms with E-state index in [9.17, 15) is 19.2 Å². The van der Waals surface area contributed by atoms with Crippen LogP contribution in [0.2, 0.25) is 0 Å². The molecule has 1 aliphatic heterocycles. The average molecular weight is 409 g/mol. The number of hydrogen-bond acceptors (Lipinski definition) is 9. The lowest BCUT2D eigenvalue weighted by Gasteiger charge is -2.42. The summed E-state index contributed by atoms with van der Waals surface area (Å²) in [4.78, 5) is 46.3. The van der Waals surface area contributed by atoms with Gasteiger partial charge in [-0.2, -0.15) is 0 Å². The molecule has 0 unspecified atom stereocenters. The molecule has 5 atom stereocenters. The van der Waals surface area contributed by atoms with E-state index in [-0.39, 0.29) is 5.75 Å². The van der Waals surface area contributed by atoms with Gasteiger partial charge in [-0.25, -0.2) is 4.79 Å². The molecule has 1 amide bonds. The number of carbonyl (C=O) groups is 4. The Morgan fingerprint density at radius 2 is 1.69 bits per heavy atom. The van der Waals surface area contributed by atoms with Crippen molar-refractivity contribution in [3.05, 3.63) is 24.3 Å². The van der Waals surface area contributed by atoms with E-state index in [1.807, 2.05) is 0 Å². The molecular formula is C19H23NO9. The van der Waals surface area contributed by atoms with Crippen LogP contribution in [0.3, 0.4) is 0 Å². The number of nitrogens with one attached hydrogen (secondary N) is 1. The van der Waals surface area contributed by atoms with Crippen LogP contribution in [0.5, 0.6) is 5.75 Å². The van der Waals surface area contributed by atoms with Gasteiger partial charge in [0.1, 0.15) is 5.75 Å². The van der Waals surface area contributed by atoms with Crippen LogP contribution in [-0.4, -0.2) is 56.0 Å². The number of amides is 1. The zero-order valence-electron chi connectivity index (χ0n) is 16.4. The van der Waals surface area contributed by atoms with E-state index in [0.717, 1.165) is 0 Å². The zero-order valence-corrected chi connectivity index (χ0v) is 16.4. The SMILES string of the molecule is COC(=O)[C@H]1O[C@@H](Oc2ccccc2NC=O)[C@H](OC(C)=O)[C@@H](OC(C)=O)[C@@H]1C. The van der Waals surface area contributed by atoms with Gasteiger partial charge < -0.3 is 29.0 Å². The van der Waals surface area contributed by atoms with Crippen molar-refractivity contribution in [3.63, 3.8) is 0 Å². The third kappa shape index (κ3) is 5.44. The Bertz CT molecular complexity index is 766. The molecular weight excluding hydrogens is 386 g/mol. The van der Waals surface area contributed by atoms with Gasteiger partial charge in [0.05, 0.1) is 12.8 Å². The number of ether oxygens (including phenoxy) is 5. The molecule has 1 heterocycles. The first-order valence-corrected chi connectivity index (χ1v) is 8.82. The Kier molecular flexibility index (Phi) is 7.54. The van der Waals surface area contributed by atoms with Gasteiger partial charge in [0.25, 0.3) is 0 Å². The Labute approximate surface area is 167 Å². The molecule has 1 fully saturated rings. The van der Waals surface area contributed by atoms with Crippen molar-refractivity contribution in [1.82, 2.24) is 0 Å². The van der Waals surface area contributed by atoms with Crippen molar-refractivity contribution in [2.24, 2.45) is 5.92 Å². The fourth-order valence-electron chi connectivity index (χ4n) is 3.01. The summed E-state index contributed by atoms with van der Waals surface area (Å²) in [6.07, 6.45) is -4.21. The van der Waals surface area contributed by atoms with E-state index in [1.165, 1.54) is 21.0 Å². The molecule has 10 heteroatoms. The largest absolute Gasteiger partial charge is 0.467 e. The van der Waals surface area contributed by atoms with E-state index < -0.39 is 48.4 Å². The van der Waals surface area contributed by atoms with Gasteiger partial charge in [-0.3, -0.25) is 14.4 Å². The molecule has 0 aromatic heterocycles. The minimum atomic E-state index is -1.32. The van der Waals surface area contributed by atoms with Crippen LogP contribution in [0, 0.1) is 5.92 Å². The van der Waals surface area contributed by atoms with E-state index in [2.05, 4.69) is 5.32 Å². The first-order valence-electron chi connectivity index (χ1n) is 8.82. The predicted octanol–water partition coefficient (Wildman–Crippen LogP) is 1.03. The number of esters is 3. The summed E-state index contributed by atoms with van der Waals surface area (Å²) in [6.45, 7) is 3.98. The Morgan fingerprint density at radius 1 is 1.07 bits per heavy atom. The van der Waals surface area contributed by atoms with Gasteiger partial charge in [0.15, 0.2) is 12.2 Å². The van der Waals surface area contributed by atoms with Gasteiger partial charge in [-0.15, -0.1) is 0 Å². The summed E-state index contributed by atoms with van der Waals surface area (Å²) in [5.74, 6) is -2.50. The minimum absolute atomic E-state index is 0.196. The second kappa shape index (κ2) is 9.87. The van der Waals surface area contributed by atoms with Crippen molar-refractivity contribution < 1.29 is 42.9 Å². The lowest BCUT2D eigenvalue weighted by Crippen LogP contribution is -2.60. The molecule has 1 saturated heterocycles. The van der Waals surface area contributed by atoms with Crippen LogP contribution >= 0.6 is 0 Å². The van der Waals surface area contributed by atoms with E-state index in [1.54, 1.807) is 31.2 Å². The van der Waals surface area contributed by atoms with Gasteiger partial charge >= 0.3 is 17.9 Å². The van der Waals surface area contributed by atoms with Gasteiger partial charge in [-0.1, -0.05) is 19.1 Å². The van der Waals surface area contributed by atoms with Gasteiger partial charge in [0, 0.05) is 19.8 Å². The number of benzene rings is 1. The fourth-order valence-corrected chi connectivity index (χ4v) is 3.01. The van der Waals surface area contributed by atoms with Crippen molar-refractivity contribution in [2.75, 3.05) is 12.4 Å². The summed E-state index contributed by atoms with van der Waals surface area (Å²) >= 11 is 0. The number of hydrogen-bond donors (Lipinski definition) is 1. The molecule has 0 radical (unpaired) electrons. The Balaban J connectivity index is 2.43. The highest BCUT2D eigenvalue weighted by molar-refractivity contribution is 5.76. The molecule has 0 saturated carbocycles. The van der Waals surface area contributed by atoms with Crippen LogP contribution in [0.1, 0.15) is 20.8 Å². The van der Waals surface area contributed by atoms with Crippen LogP contribution in [0.4, 0.5) is 5.69 Å². The topological polar surface area (TPSA) is 126 Å². The second-order valence-electron chi connectivity index (χ2n) is 6.33. The van der Waals surface area contributed by atoms with Crippen molar-refractivity contribution >= 4 is 30.0 Å². The average Bonchev–Trinajstić information content (AvgIpc) is 2.67. The maximum absolute atomic E-state index is 12.2. The number of carbonyl (C=O) groups excluding carboxylic acids is 4. The van der Waals surface area contributed by atoms with E-state index in [4.69, 9.17) is 23.7 Å². The lowest BCUT2D eigenvalue weighted by atomic mass is 9.90. The van der Waals surface area contributed by atoms with Gasteiger partial charge in [-0.05, 0) is 12.1 Å². The second-order valence-corrected chi connectivity index (χ2v) is 6.33. The van der Waals surface area contributed by atoms with Crippen LogP contribution in [0.25, 0.3) is 0 Å². The van der Waals surface area contributed by atoms with Crippen LogP contribution in [-0.2, 0) is 38.1 Å². The number of methoxy groups -OCH3 is 1.